The van der Waals surface area contributed by atoms with E-state index in [-0.39, 0.29) is 17.7 Å². The number of benzene rings is 1. The zero-order valence-electron chi connectivity index (χ0n) is 10.7. The van der Waals surface area contributed by atoms with Gasteiger partial charge in [0.15, 0.2) is 0 Å². The highest BCUT2D eigenvalue weighted by Crippen LogP contribution is 2.26. The molecule has 1 aromatic heterocycles. The summed E-state index contributed by atoms with van der Waals surface area (Å²) in [4.78, 5) is 22.4. The highest BCUT2D eigenvalue weighted by atomic mass is 19.4. The Labute approximate surface area is 113 Å². The molecule has 0 aliphatic carbocycles. The summed E-state index contributed by atoms with van der Waals surface area (Å²) in [6.45, 7) is 1.42. The van der Waals surface area contributed by atoms with Crippen molar-refractivity contribution in [3.05, 3.63) is 36.0 Å². The molecule has 2 aromatic rings. The topological polar surface area (TPSA) is 39.1 Å². The van der Waals surface area contributed by atoms with Gasteiger partial charge in [-0.2, -0.15) is 13.2 Å². The molecule has 0 amide bonds. The lowest BCUT2D eigenvalue weighted by atomic mass is 10.1. The molecule has 0 fully saturated rings. The van der Waals surface area contributed by atoms with Crippen LogP contribution in [0.5, 0.6) is 0 Å². The van der Waals surface area contributed by atoms with Crippen molar-refractivity contribution in [2.45, 2.75) is 25.9 Å². The number of halogens is 3. The molecule has 0 atom stereocenters. The van der Waals surface area contributed by atoms with Crippen LogP contribution >= 0.6 is 0 Å². The fraction of sp³-hybridized carbons (Fsp3) is 0.286. The molecule has 0 aliphatic heterocycles. The maximum absolute atomic E-state index is 12.6. The number of alkyl halides is 3. The minimum atomic E-state index is -4.93. The molecule has 106 valence electrons. The number of carbonyl (C=O) groups is 2. The van der Waals surface area contributed by atoms with Gasteiger partial charge < -0.3 is 4.79 Å². The molecule has 0 N–H and O–H groups in total. The van der Waals surface area contributed by atoms with E-state index in [4.69, 9.17) is 0 Å². The van der Waals surface area contributed by atoms with E-state index in [2.05, 4.69) is 0 Å². The number of nitrogens with zero attached hydrogens (tertiary/aromatic N) is 1. The monoisotopic (exact) mass is 283 g/mol. The second-order valence-electron chi connectivity index (χ2n) is 4.55. The average Bonchev–Trinajstić information content (AvgIpc) is 2.73. The van der Waals surface area contributed by atoms with Crippen molar-refractivity contribution in [2.24, 2.45) is 0 Å². The van der Waals surface area contributed by atoms with E-state index >= 15 is 0 Å². The maximum atomic E-state index is 12.6. The van der Waals surface area contributed by atoms with E-state index in [9.17, 15) is 22.8 Å². The first-order chi connectivity index (χ1) is 9.30. The minimum absolute atomic E-state index is 0.0519. The van der Waals surface area contributed by atoms with Crippen molar-refractivity contribution < 1.29 is 22.8 Å². The van der Waals surface area contributed by atoms with Crippen molar-refractivity contribution in [3.8, 4) is 0 Å². The number of rotatable bonds is 3. The molecule has 1 heterocycles. The van der Waals surface area contributed by atoms with Crippen LogP contribution in [0.4, 0.5) is 13.2 Å². The summed E-state index contributed by atoms with van der Waals surface area (Å²) in [5.74, 6) is -1.98. The van der Waals surface area contributed by atoms with Gasteiger partial charge in [-0.05, 0) is 25.0 Å². The number of hydrogen-bond acceptors (Lipinski definition) is 2. The molecule has 0 saturated heterocycles. The van der Waals surface area contributed by atoms with Gasteiger partial charge in [0, 0.05) is 18.0 Å². The molecule has 0 aliphatic rings. The Morgan fingerprint density at radius 3 is 2.45 bits per heavy atom. The number of para-hydroxylation sites is 1. The Morgan fingerprint density at radius 2 is 1.85 bits per heavy atom. The van der Waals surface area contributed by atoms with Crippen LogP contribution in [0.25, 0.3) is 10.9 Å². The van der Waals surface area contributed by atoms with Crippen LogP contribution in [0.2, 0.25) is 0 Å². The number of aromatic nitrogens is 1. The van der Waals surface area contributed by atoms with Crippen LogP contribution in [0, 0.1) is 0 Å². The third-order valence-electron chi connectivity index (χ3n) is 3.00. The molecule has 2 rings (SSSR count). The second-order valence-corrected chi connectivity index (χ2v) is 4.55. The fourth-order valence-electron chi connectivity index (χ4n) is 2.06. The normalized spacial score (nSPS) is 11.8. The van der Waals surface area contributed by atoms with Crippen LogP contribution in [-0.2, 0) is 11.2 Å². The van der Waals surface area contributed by atoms with E-state index in [1.165, 1.54) is 19.2 Å². The Kier molecular flexibility index (Phi) is 3.65. The van der Waals surface area contributed by atoms with Crippen LogP contribution in [0.3, 0.4) is 0 Å². The smallest absolute Gasteiger partial charge is 0.300 e. The third kappa shape index (κ3) is 2.74. The van der Waals surface area contributed by atoms with Crippen LogP contribution in [-0.4, -0.2) is 22.4 Å². The summed E-state index contributed by atoms with van der Waals surface area (Å²) in [5.41, 5.74) is 0.766. The summed E-state index contributed by atoms with van der Waals surface area (Å²) in [5, 5.41) is 0.561. The molecular formula is C14H12F3NO2. The Hall–Kier alpha value is -2.11. The summed E-state index contributed by atoms with van der Waals surface area (Å²) < 4.78 is 38.3. The molecule has 0 saturated carbocycles. The van der Waals surface area contributed by atoms with Gasteiger partial charge in [0.2, 0.25) is 0 Å². The van der Waals surface area contributed by atoms with E-state index in [0.717, 1.165) is 0 Å². The van der Waals surface area contributed by atoms with Gasteiger partial charge in [-0.3, -0.25) is 9.36 Å². The van der Waals surface area contributed by atoms with E-state index in [0.29, 0.717) is 21.9 Å². The first-order valence-corrected chi connectivity index (χ1v) is 6.00. The highest BCUT2D eigenvalue weighted by molar-refractivity contribution is 5.96. The van der Waals surface area contributed by atoms with Gasteiger partial charge in [0.25, 0.3) is 0 Å². The zero-order chi connectivity index (χ0) is 14.9. The molecular weight excluding hydrogens is 271 g/mol. The van der Waals surface area contributed by atoms with Crippen LogP contribution in [0.15, 0.2) is 30.5 Å². The molecule has 6 heteroatoms. The predicted molar refractivity (Wildman–Crippen MR) is 67.6 cm³/mol. The van der Waals surface area contributed by atoms with E-state index < -0.39 is 12.1 Å². The standard InChI is InChI=1S/C14H12F3NO2/c1-9(19)6-7-10-8-18(13(20)14(15,16)17)12-5-3-2-4-11(10)12/h2-5,8H,6-7H2,1H3. The summed E-state index contributed by atoms with van der Waals surface area (Å²) in [6, 6.07) is 6.35. The lowest BCUT2D eigenvalue weighted by Gasteiger charge is -2.06. The van der Waals surface area contributed by atoms with Gasteiger partial charge >= 0.3 is 12.1 Å². The molecule has 0 spiro atoms. The molecule has 0 bridgehead atoms. The van der Waals surface area contributed by atoms with Crippen molar-refractivity contribution >= 4 is 22.6 Å². The number of fused-ring (bicyclic) bond motifs is 1. The molecule has 0 unspecified atom stereocenters. The predicted octanol–water partition coefficient (Wildman–Crippen LogP) is 3.37. The van der Waals surface area contributed by atoms with Gasteiger partial charge in [-0.1, -0.05) is 18.2 Å². The minimum Gasteiger partial charge on any atom is -0.300 e. The first kappa shape index (κ1) is 14.3. The number of carbonyl (C=O) groups excluding carboxylic acids is 2. The lowest BCUT2D eigenvalue weighted by Crippen LogP contribution is -2.28. The van der Waals surface area contributed by atoms with Gasteiger partial charge in [-0.25, -0.2) is 0 Å². The number of Topliss-reactive ketones (excluding diaryl/α,β-unsaturated/α-hetero) is 1. The number of ketones is 1. The van der Waals surface area contributed by atoms with Crippen molar-refractivity contribution in [1.29, 1.82) is 0 Å². The lowest BCUT2D eigenvalue weighted by molar-refractivity contribution is -0.116. The highest BCUT2D eigenvalue weighted by Gasteiger charge is 2.40. The summed E-state index contributed by atoms with van der Waals surface area (Å²) in [6.07, 6.45) is -3.22. The number of aryl methyl sites for hydroxylation is 1. The average molecular weight is 283 g/mol. The Balaban J connectivity index is 2.51. The number of hydrogen-bond donors (Lipinski definition) is 0. The van der Waals surface area contributed by atoms with Gasteiger partial charge in [-0.15, -0.1) is 0 Å². The third-order valence-corrected chi connectivity index (χ3v) is 3.00. The molecule has 20 heavy (non-hydrogen) atoms. The Bertz CT molecular complexity index is 671. The largest absolute Gasteiger partial charge is 0.472 e. The van der Waals surface area contributed by atoms with Gasteiger partial charge in [0.05, 0.1) is 5.52 Å². The van der Waals surface area contributed by atoms with Crippen molar-refractivity contribution in [2.75, 3.05) is 0 Å². The summed E-state index contributed by atoms with van der Waals surface area (Å²) in [7, 11) is 0. The first-order valence-electron chi connectivity index (χ1n) is 6.00. The Morgan fingerprint density at radius 1 is 1.20 bits per heavy atom. The quantitative estimate of drug-likeness (QED) is 0.866. The molecule has 3 nitrogen and oxygen atoms in total. The van der Waals surface area contributed by atoms with E-state index in [1.54, 1.807) is 18.2 Å². The summed E-state index contributed by atoms with van der Waals surface area (Å²) >= 11 is 0. The zero-order valence-corrected chi connectivity index (χ0v) is 10.7. The van der Waals surface area contributed by atoms with Crippen LogP contribution in [0.1, 0.15) is 23.7 Å². The molecule has 0 radical (unpaired) electrons. The van der Waals surface area contributed by atoms with Crippen molar-refractivity contribution in [3.63, 3.8) is 0 Å². The SMILES string of the molecule is CC(=O)CCc1cn(C(=O)C(F)(F)F)c2ccccc12. The van der Waals surface area contributed by atoms with Crippen LogP contribution < -0.4 is 0 Å². The maximum Gasteiger partial charge on any atom is 0.472 e. The fourth-order valence-corrected chi connectivity index (χ4v) is 2.06. The second kappa shape index (κ2) is 5.11. The molecule has 1 aromatic carbocycles. The van der Waals surface area contributed by atoms with Crippen molar-refractivity contribution in [1.82, 2.24) is 4.57 Å². The van der Waals surface area contributed by atoms with Gasteiger partial charge in [0.1, 0.15) is 5.78 Å². The van der Waals surface area contributed by atoms with E-state index in [1.807, 2.05) is 0 Å².